The largest absolute Gasteiger partial charge is 0.448 e. The molecule has 1 rings (SSSR count). The molecule has 1 aromatic rings. The third-order valence-corrected chi connectivity index (χ3v) is 1.44. The Morgan fingerprint density at radius 3 is 3.08 bits per heavy atom. The summed E-state index contributed by atoms with van der Waals surface area (Å²) in [5, 5.41) is 2.63. The fourth-order valence-electron chi connectivity index (χ4n) is 0.825. The molecule has 13 heavy (non-hydrogen) atoms. The van der Waals surface area contributed by atoms with Crippen molar-refractivity contribution in [1.29, 1.82) is 0 Å². The second kappa shape index (κ2) is 4.61. The van der Waals surface area contributed by atoms with Gasteiger partial charge in [-0.25, -0.2) is 4.98 Å². The summed E-state index contributed by atoms with van der Waals surface area (Å²) < 4.78 is 9.66. The number of ether oxygens (including phenoxy) is 1. The molecule has 0 bridgehead atoms. The fraction of sp³-hybridized carbons (Fsp3) is 0.500. The lowest BCUT2D eigenvalue weighted by molar-refractivity contribution is 0.0932. The number of carbonyl (C=O) groups excluding carboxylic acids is 1. The predicted octanol–water partition coefficient (Wildman–Crippen LogP) is 0.359. The van der Waals surface area contributed by atoms with E-state index in [0.717, 1.165) is 0 Å². The summed E-state index contributed by atoms with van der Waals surface area (Å²) in [7, 11) is 1.58. The van der Waals surface area contributed by atoms with E-state index in [1.807, 2.05) is 0 Å². The smallest absolute Gasteiger partial charge is 0.273 e. The van der Waals surface area contributed by atoms with Gasteiger partial charge in [0.1, 0.15) is 6.26 Å². The van der Waals surface area contributed by atoms with Crippen molar-refractivity contribution in [1.82, 2.24) is 10.3 Å². The van der Waals surface area contributed by atoms with Crippen LogP contribution in [0.5, 0.6) is 0 Å². The van der Waals surface area contributed by atoms with Gasteiger partial charge >= 0.3 is 0 Å². The van der Waals surface area contributed by atoms with Crippen LogP contribution in [0.15, 0.2) is 10.7 Å². The van der Waals surface area contributed by atoms with Gasteiger partial charge in [0, 0.05) is 20.6 Å². The highest BCUT2D eigenvalue weighted by molar-refractivity contribution is 5.91. The molecule has 0 saturated carbocycles. The molecule has 5 nitrogen and oxygen atoms in total. The molecule has 0 aliphatic carbocycles. The van der Waals surface area contributed by atoms with Crippen molar-refractivity contribution < 1.29 is 13.9 Å². The number of oxazole rings is 1. The summed E-state index contributed by atoms with van der Waals surface area (Å²) >= 11 is 0. The fourth-order valence-corrected chi connectivity index (χ4v) is 0.825. The Hall–Kier alpha value is -1.36. The minimum absolute atomic E-state index is 0.242. The standard InChI is InChI=1S/C8H12N2O3/c1-6-10-7(5-13-6)8(11)9-3-4-12-2/h5H,3-4H2,1-2H3,(H,9,11). The summed E-state index contributed by atoms with van der Waals surface area (Å²) in [5.41, 5.74) is 0.300. The molecule has 0 radical (unpaired) electrons. The van der Waals surface area contributed by atoms with Gasteiger partial charge in [-0.2, -0.15) is 0 Å². The van der Waals surface area contributed by atoms with Crippen LogP contribution in [0.2, 0.25) is 0 Å². The van der Waals surface area contributed by atoms with Crippen LogP contribution in [0, 0.1) is 6.92 Å². The van der Waals surface area contributed by atoms with E-state index in [4.69, 9.17) is 9.15 Å². The topological polar surface area (TPSA) is 64.4 Å². The average Bonchev–Trinajstić information content (AvgIpc) is 2.52. The van der Waals surface area contributed by atoms with Gasteiger partial charge in [-0.3, -0.25) is 4.79 Å². The van der Waals surface area contributed by atoms with Crippen molar-refractivity contribution >= 4 is 5.91 Å². The van der Waals surface area contributed by atoms with E-state index < -0.39 is 0 Å². The van der Waals surface area contributed by atoms with Crippen LogP contribution < -0.4 is 5.32 Å². The quantitative estimate of drug-likeness (QED) is 0.686. The van der Waals surface area contributed by atoms with E-state index in [2.05, 4.69) is 10.3 Å². The van der Waals surface area contributed by atoms with Gasteiger partial charge in [0.2, 0.25) is 0 Å². The minimum Gasteiger partial charge on any atom is -0.448 e. The third kappa shape index (κ3) is 2.87. The zero-order chi connectivity index (χ0) is 9.68. The molecule has 1 aromatic heterocycles. The van der Waals surface area contributed by atoms with E-state index in [0.29, 0.717) is 24.7 Å². The van der Waals surface area contributed by atoms with Gasteiger partial charge in [0.05, 0.1) is 6.61 Å². The summed E-state index contributed by atoms with van der Waals surface area (Å²) in [6, 6.07) is 0. The molecule has 72 valence electrons. The Morgan fingerprint density at radius 2 is 2.54 bits per heavy atom. The van der Waals surface area contributed by atoms with Crippen LogP contribution in [-0.2, 0) is 4.74 Å². The first-order valence-corrected chi connectivity index (χ1v) is 3.93. The number of amides is 1. The van der Waals surface area contributed by atoms with E-state index in [1.165, 1.54) is 6.26 Å². The lowest BCUT2D eigenvalue weighted by Crippen LogP contribution is -2.27. The van der Waals surface area contributed by atoms with E-state index in [-0.39, 0.29) is 5.91 Å². The van der Waals surface area contributed by atoms with Crippen molar-refractivity contribution in [3.8, 4) is 0 Å². The van der Waals surface area contributed by atoms with Crippen LogP contribution in [0.4, 0.5) is 0 Å². The number of nitrogens with zero attached hydrogens (tertiary/aromatic N) is 1. The molecule has 0 saturated heterocycles. The highest BCUT2D eigenvalue weighted by atomic mass is 16.5. The predicted molar refractivity (Wildman–Crippen MR) is 45.4 cm³/mol. The maximum Gasteiger partial charge on any atom is 0.273 e. The zero-order valence-electron chi connectivity index (χ0n) is 7.66. The molecule has 1 amide bonds. The number of methoxy groups -OCH3 is 1. The lowest BCUT2D eigenvalue weighted by atomic mass is 10.4. The van der Waals surface area contributed by atoms with Crippen molar-refractivity contribution in [3.63, 3.8) is 0 Å². The molecule has 0 aliphatic heterocycles. The minimum atomic E-state index is -0.242. The Balaban J connectivity index is 2.40. The second-order valence-corrected chi connectivity index (χ2v) is 2.50. The van der Waals surface area contributed by atoms with Crippen LogP contribution in [0.3, 0.4) is 0 Å². The second-order valence-electron chi connectivity index (χ2n) is 2.50. The first-order valence-electron chi connectivity index (χ1n) is 3.93. The molecular weight excluding hydrogens is 172 g/mol. The Morgan fingerprint density at radius 1 is 1.77 bits per heavy atom. The van der Waals surface area contributed by atoms with E-state index in [1.54, 1.807) is 14.0 Å². The van der Waals surface area contributed by atoms with Crippen LogP contribution in [0.1, 0.15) is 16.4 Å². The van der Waals surface area contributed by atoms with Crippen LogP contribution in [-0.4, -0.2) is 31.2 Å². The summed E-state index contributed by atoms with van der Waals surface area (Å²) in [6.07, 6.45) is 1.33. The lowest BCUT2D eigenvalue weighted by Gasteiger charge is -2.00. The highest BCUT2D eigenvalue weighted by Crippen LogP contribution is 1.99. The molecule has 0 fully saturated rings. The van der Waals surface area contributed by atoms with Crippen LogP contribution in [0.25, 0.3) is 0 Å². The van der Waals surface area contributed by atoms with Gasteiger partial charge in [-0.15, -0.1) is 0 Å². The van der Waals surface area contributed by atoms with Gasteiger partial charge in [-0.1, -0.05) is 0 Å². The van der Waals surface area contributed by atoms with Crippen molar-refractivity contribution in [3.05, 3.63) is 17.8 Å². The van der Waals surface area contributed by atoms with Gasteiger partial charge in [0.25, 0.3) is 5.91 Å². The normalized spacial score (nSPS) is 10.0. The average molecular weight is 184 g/mol. The molecule has 0 atom stereocenters. The Bertz CT molecular complexity index is 283. The molecule has 5 heteroatoms. The maximum atomic E-state index is 11.2. The SMILES string of the molecule is COCCNC(=O)c1coc(C)n1. The van der Waals surface area contributed by atoms with Crippen molar-refractivity contribution in [2.24, 2.45) is 0 Å². The number of hydrogen-bond acceptors (Lipinski definition) is 4. The van der Waals surface area contributed by atoms with Crippen LogP contribution >= 0.6 is 0 Å². The van der Waals surface area contributed by atoms with Gasteiger partial charge < -0.3 is 14.5 Å². The first kappa shape index (κ1) is 9.73. The number of nitrogens with one attached hydrogen (secondary N) is 1. The molecule has 1 N–H and O–H groups in total. The first-order chi connectivity index (χ1) is 6.24. The number of aryl methyl sites for hydroxylation is 1. The third-order valence-electron chi connectivity index (χ3n) is 1.44. The summed E-state index contributed by atoms with van der Waals surface area (Å²) in [5.74, 6) is 0.241. The van der Waals surface area contributed by atoms with Gasteiger partial charge in [-0.05, 0) is 0 Å². The Labute approximate surface area is 76.1 Å². The van der Waals surface area contributed by atoms with Gasteiger partial charge in [0.15, 0.2) is 11.6 Å². The van der Waals surface area contributed by atoms with Crippen molar-refractivity contribution in [2.45, 2.75) is 6.92 Å². The van der Waals surface area contributed by atoms with Crippen molar-refractivity contribution in [2.75, 3.05) is 20.3 Å². The molecule has 0 aliphatic rings. The van der Waals surface area contributed by atoms with E-state index in [9.17, 15) is 4.79 Å². The number of rotatable bonds is 4. The summed E-state index contributed by atoms with van der Waals surface area (Å²) in [6.45, 7) is 2.65. The monoisotopic (exact) mass is 184 g/mol. The molecule has 0 spiro atoms. The molecule has 1 heterocycles. The summed E-state index contributed by atoms with van der Waals surface area (Å²) in [4.78, 5) is 15.1. The van der Waals surface area contributed by atoms with E-state index >= 15 is 0 Å². The molecular formula is C8H12N2O3. The molecule has 0 unspecified atom stereocenters. The number of hydrogen-bond donors (Lipinski definition) is 1. The maximum absolute atomic E-state index is 11.2. The highest BCUT2D eigenvalue weighted by Gasteiger charge is 2.08. The zero-order valence-corrected chi connectivity index (χ0v) is 7.66. The Kier molecular flexibility index (Phi) is 3.45. The number of carbonyl (C=O) groups is 1. The number of aromatic nitrogens is 1. The molecule has 0 aromatic carbocycles.